The molecule has 2 aromatic rings. The second-order valence-electron chi connectivity index (χ2n) is 4.43. The van der Waals surface area contributed by atoms with Gasteiger partial charge in [0.05, 0.1) is 11.4 Å². The summed E-state index contributed by atoms with van der Waals surface area (Å²) >= 11 is 0. The number of hydrogen-bond donors (Lipinski definition) is 0. The fraction of sp³-hybridized carbons (Fsp3) is 0.308. The van der Waals surface area contributed by atoms with Crippen molar-refractivity contribution >= 4 is 6.21 Å². The Hall–Kier alpha value is -2.11. The maximum atomic E-state index is 12.6. The van der Waals surface area contributed by atoms with Gasteiger partial charge in [-0.1, -0.05) is 0 Å². The Morgan fingerprint density at radius 2 is 2.21 bits per heavy atom. The minimum Gasteiger partial charge on any atom is -0.292 e. The highest BCUT2D eigenvalue weighted by Gasteiger charge is 2.15. The van der Waals surface area contributed by atoms with E-state index in [9.17, 15) is 8.78 Å². The van der Waals surface area contributed by atoms with Crippen LogP contribution in [-0.2, 0) is 6.42 Å². The zero-order valence-corrected chi connectivity index (χ0v) is 10.3. The average molecular weight is 262 g/mol. The van der Waals surface area contributed by atoms with Gasteiger partial charge in [-0.05, 0) is 13.0 Å². The third-order valence-electron chi connectivity index (χ3n) is 3.14. The van der Waals surface area contributed by atoms with Gasteiger partial charge in [0.1, 0.15) is 0 Å². The van der Waals surface area contributed by atoms with E-state index in [2.05, 4.69) is 15.1 Å². The van der Waals surface area contributed by atoms with E-state index in [-0.39, 0.29) is 0 Å². The minimum atomic E-state index is -2.63. The molecular weight excluding hydrogens is 250 g/mol. The molecule has 4 nitrogen and oxygen atoms in total. The van der Waals surface area contributed by atoms with E-state index in [1.54, 1.807) is 19.3 Å². The van der Waals surface area contributed by atoms with Crippen LogP contribution in [0.5, 0.6) is 0 Å². The molecule has 98 valence electrons. The van der Waals surface area contributed by atoms with Gasteiger partial charge in [0.15, 0.2) is 0 Å². The standard InChI is InChI=1S/C13H12F2N4/c1-8-11(7-19(18-8)13(14)15)9-4-10-5-16-3-2-12(10)17-6-9/h4-7,13H,2-3H2,1H3. The highest BCUT2D eigenvalue weighted by atomic mass is 19.3. The van der Waals surface area contributed by atoms with Crippen LogP contribution in [0.3, 0.4) is 0 Å². The van der Waals surface area contributed by atoms with E-state index >= 15 is 0 Å². The molecule has 0 atom stereocenters. The Balaban J connectivity index is 2.05. The fourth-order valence-corrected chi connectivity index (χ4v) is 2.18. The Morgan fingerprint density at radius 1 is 1.37 bits per heavy atom. The van der Waals surface area contributed by atoms with Gasteiger partial charge in [0.25, 0.3) is 0 Å². The van der Waals surface area contributed by atoms with Crippen molar-refractivity contribution in [2.45, 2.75) is 19.9 Å². The first kappa shape index (κ1) is 12.0. The van der Waals surface area contributed by atoms with Crippen LogP contribution in [0.4, 0.5) is 8.78 Å². The molecule has 0 aliphatic carbocycles. The topological polar surface area (TPSA) is 43.1 Å². The van der Waals surface area contributed by atoms with Crippen LogP contribution in [0.25, 0.3) is 11.1 Å². The van der Waals surface area contributed by atoms with E-state index in [0.717, 1.165) is 29.8 Å². The number of hydrogen-bond acceptors (Lipinski definition) is 3. The number of aryl methyl sites for hydroxylation is 1. The summed E-state index contributed by atoms with van der Waals surface area (Å²) < 4.78 is 25.9. The molecule has 6 heteroatoms. The van der Waals surface area contributed by atoms with Crippen molar-refractivity contribution in [2.24, 2.45) is 4.99 Å². The van der Waals surface area contributed by atoms with Crippen LogP contribution in [-0.4, -0.2) is 27.5 Å². The summed E-state index contributed by atoms with van der Waals surface area (Å²) in [5.41, 5.74) is 3.98. The van der Waals surface area contributed by atoms with E-state index in [1.807, 2.05) is 6.07 Å². The molecule has 3 rings (SSSR count). The quantitative estimate of drug-likeness (QED) is 0.835. The second kappa shape index (κ2) is 4.53. The Bertz CT molecular complexity index is 646. The van der Waals surface area contributed by atoms with Gasteiger partial charge in [0, 0.05) is 48.3 Å². The molecular formula is C13H12F2N4. The lowest BCUT2D eigenvalue weighted by molar-refractivity contribution is 0.0563. The zero-order valence-electron chi connectivity index (χ0n) is 10.3. The van der Waals surface area contributed by atoms with Crippen molar-refractivity contribution in [1.29, 1.82) is 0 Å². The van der Waals surface area contributed by atoms with E-state index in [1.165, 1.54) is 6.20 Å². The highest BCUT2D eigenvalue weighted by molar-refractivity contribution is 5.84. The van der Waals surface area contributed by atoms with Gasteiger partial charge in [-0.3, -0.25) is 9.98 Å². The molecule has 0 bridgehead atoms. The smallest absolute Gasteiger partial charge is 0.292 e. The molecule has 0 N–H and O–H groups in total. The third-order valence-corrected chi connectivity index (χ3v) is 3.14. The van der Waals surface area contributed by atoms with Gasteiger partial charge in [-0.2, -0.15) is 13.9 Å². The maximum Gasteiger partial charge on any atom is 0.333 e. The average Bonchev–Trinajstić information content (AvgIpc) is 2.80. The van der Waals surface area contributed by atoms with Crippen LogP contribution < -0.4 is 0 Å². The number of fused-ring (bicyclic) bond motifs is 1. The normalized spacial score (nSPS) is 13.9. The minimum absolute atomic E-state index is 0.565. The SMILES string of the molecule is Cc1nn(C(F)F)cc1-c1cnc2c(c1)C=NCC2. The number of halogens is 2. The molecule has 0 spiro atoms. The molecule has 0 saturated carbocycles. The summed E-state index contributed by atoms with van der Waals surface area (Å²) in [6, 6.07) is 1.92. The fourth-order valence-electron chi connectivity index (χ4n) is 2.18. The molecule has 1 aliphatic heterocycles. The van der Waals surface area contributed by atoms with Crippen molar-refractivity contribution in [3.8, 4) is 11.1 Å². The van der Waals surface area contributed by atoms with Crippen LogP contribution in [0.2, 0.25) is 0 Å². The van der Waals surface area contributed by atoms with E-state index < -0.39 is 6.55 Å². The van der Waals surface area contributed by atoms with Gasteiger partial charge in [-0.15, -0.1) is 0 Å². The second-order valence-corrected chi connectivity index (χ2v) is 4.43. The highest BCUT2D eigenvalue weighted by Crippen LogP contribution is 2.26. The van der Waals surface area contributed by atoms with Crippen molar-refractivity contribution in [3.63, 3.8) is 0 Å². The summed E-state index contributed by atoms with van der Waals surface area (Å²) in [6.07, 6.45) is 5.66. The number of aliphatic imine (C=N–C) groups is 1. The Morgan fingerprint density at radius 3 is 2.95 bits per heavy atom. The van der Waals surface area contributed by atoms with Gasteiger partial charge < -0.3 is 0 Å². The van der Waals surface area contributed by atoms with Crippen molar-refractivity contribution < 1.29 is 8.78 Å². The predicted molar refractivity (Wildman–Crippen MR) is 67.6 cm³/mol. The first-order valence-electron chi connectivity index (χ1n) is 5.98. The molecule has 2 aromatic heterocycles. The maximum absolute atomic E-state index is 12.6. The van der Waals surface area contributed by atoms with Crippen LogP contribution >= 0.6 is 0 Å². The van der Waals surface area contributed by atoms with Crippen LogP contribution in [0.1, 0.15) is 23.5 Å². The molecule has 0 fully saturated rings. The lowest BCUT2D eigenvalue weighted by Crippen LogP contribution is -2.05. The summed E-state index contributed by atoms with van der Waals surface area (Å²) in [5.74, 6) is 0. The molecule has 1 aliphatic rings. The van der Waals surface area contributed by atoms with Crippen molar-refractivity contribution in [1.82, 2.24) is 14.8 Å². The lowest BCUT2D eigenvalue weighted by atomic mass is 10.0. The van der Waals surface area contributed by atoms with Crippen molar-refractivity contribution in [2.75, 3.05) is 6.54 Å². The number of nitrogens with zero attached hydrogens (tertiary/aromatic N) is 4. The Labute approximate surface area is 108 Å². The third kappa shape index (κ3) is 2.14. The number of pyridine rings is 1. The van der Waals surface area contributed by atoms with E-state index in [4.69, 9.17) is 0 Å². The van der Waals surface area contributed by atoms with Gasteiger partial charge >= 0.3 is 6.55 Å². The van der Waals surface area contributed by atoms with Crippen LogP contribution in [0.15, 0.2) is 23.5 Å². The molecule has 3 heterocycles. The number of aromatic nitrogens is 3. The monoisotopic (exact) mass is 262 g/mol. The van der Waals surface area contributed by atoms with Crippen LogP contribution in [0, 0.1) is 6.92 Å². The summed E-state index contributed by atoms with van der Waals surface area (Å²) in [5, 5.41) is 3.80. The van der Waals surface area contributed by atoms with Gasteiger partial charge in [-0.25, -0.2) is 4.68 Å². The molecule has 19 heavy (non-hydrogen) atoms. The van der Waals surface area contributed by atoms with E-state index in [0.29, 0.717) is 15.9 Å². The van der Waals surface area contributed by atoms with Gasteiger partial charge in [0.2, 0.25) is 0 Å². The molecule has 0 unspecified atom stereocenters. The molecule has 0 aromatic carbocycles. The summed E-state index contributed by atoms with van der Waals surface area (Å²) in [4.78, 5) is 8.58. The summed E-state index contributed by atoms with van der Waals surface area (Å²) in [6.45, 7) is -0.164. The Kier molecular flexibility index (Phi) is 2.85. The summed E-state index contributed by atoms with van der Waals surface area (Å²) in [7, 11) is 0. The molecule has 0 amide bonds. The molecule has 0 radical (unpaired) electrons. The predicted octanol–water partition coefficient (Wildman–Crippen LogP) is 2.62. The molecule has 0 saturated heterocycles. The number of alkyl halides is 2. The lowest BCUT2D eigenvalue weighted by Gasteiger charge is -2.10. The number of rotatable bonds is 2. The largest absolute Gasteiger partial charge is 0.333 e. The first-order chi connectivity index (χ1) is 9.15. The first-order valence-corrected chi connectivity index (χ1v) is 5.98. The van der Waals surface area contributed by atoms with Crippen molar-refractivity contribution in [3.05, 3.63) is 35.4 Å². The zero-order chi connectivity index (χ0) is 13.4.